The Hall–Kier alpha value is -3.99. The highest BCUT2D eigenvalue weighted by molar-refractivity contribution is 9.10. The quantitative estimate of drug-likeness (QED) is 0.244. The Balaban J connectivity index is 1.32. The van der Waals surface area contributed by atoms with Crippen LogP contribution in [0.4, 0.5) is 5.82 Å². The van der Waals surface area contributed by atoms with Crippen LogP contribution in [0.2, 0.25) is 0 Å². The molecule has 2 fully saturated rings. The summed E-state index contributed by atoms with van der Waals surface area (Å²) in [6, 6.07) is 4.94. The Kier molecular flexibility index (Phi) is 6.52. The van der Waals surface area contributed by atoms with Gasteiger partial charge in [0.2, 0.25) is 11.8 Å². The molecule has 1 N–H and O–H groups in total. The van der Waals surface area contributed by atoms with Gasteiger partial charge < -0.3 is 14.8 Å². The average Bonchev–Trinajstić information content (AvgIpc) is 3.27. The molecule has 1 saturated carbocycles. The van der Waals surface area contributed by atoms with E-state index in [4.69, 9.17) is 4.98 Å². The third-order valence-electron chi connectivity index (χ3n) is 8.32. The monoisotopic (exact) mass is 615 g/mol. The molecule has 0 bridgehead atoms. The fourth-order valence-corrected chi connectivity index (χ4v) is 6.33. The van der Waals surface area contributed by atoms with Crippen molar-refractivity contribution in [2.75, 3.05) is 5.32 Å². The van der Waals surface area contributed by atoms with Gasteiger partial charge in [-0.3, -0.25) is 19.4 Å². The molecule has 2 amide bonds. The Bertz CT molecular complexity index is 1750. The summed E-state index contributed by atoms with van der Waals surface area (Å²) in [5.74, 6) is 0.608. The van der Waals surface area contributed by atoms with Gasteiger partial charge >= 0.3 is 0 Å². The highest BCUT2D eigenvalue weighted by Gasteiger charge is 2.64. The van der Waals surface area contributed by atoms with Crippen molar-refractivity contribution in [3.05, 3.63) is 64.0 Å². The van der Waals surface area contributed by atoms with Crippen molar-refractivity contribution in [2.24, 2.45) is 5.41 Å². The maximum atomic E-state index is 13.9. The van der Waals surface area contributed by atoms with Gasteiger partial charge in [0.25, 0.3) is 0 Å². The van der Waals surface area contributed by atoms with E-state index in [1.807, 2.05) is 39.0 Å². The van der Waals surface area contributed by atoms with Crippen LogP contribution in [0.5, 0.6) is 0 Å². The number of halogens is 1. The number of rotatable bonds is 6. The van der Waals surface area contributed by atoms with Crippen LogP contribution in [0.25, 0.3) is 22.2 Å². The smallest absolute Gasteiger partial charge is 0.248 e. The highest BCUT2D eigenvalue weighted by Crippen LogP contribution is 2.59. The molecule has 4 aromatic rings. The van der Waals surface area contributed by atoms with Crippen molar-refractivity contribution >= 4 is 50.2 Å². The fraction of sp³-hybridized carbons (Fsp3) is 0.367. The van der Waals surface area contributed by atoms with Gasteiger partial charge in [0.1, 0.15) is 28.8 Å². The minimum atomic E-state index is -0.604. The average molecular weight is 617 g/mol. The van der Waals surface area contributed by atoms with Gasteiger partial charge in [-0.25, -0.2) is 15.0 Å². The third-order valence-corrected chi connectivity index (χ3v) is 8.76. The molecule has 3 atom stereocenters. The number of aryl methyl sites for hydroxylation is 3. The molecule has 0 unspecified atom stereocenters. The zero-order valence-corrected chi connectivity index (χ0v) is 25.1. The predicted octanol–water partition coefficient (Wildman–Crippen LogP) is 4.80. The normalized spacial score (nSPS) is 21.2. The number of aromatic nitrogens is 5. The molecular weight excluding hydrogens is 586 g/mol. The van der Waals surface area contributed by atoms with E-state index in [1.165, 1.54) is 6.92 Å². The molecule has 210 valence electrons. The number of hydrogen-bond acceptors (Lipinski definition) is 7. The first kappa shape index (κ1) is 27.2. The number of anilines is 1. The molecule has 11 heteroatoms. The number of fused-ring (bicyclic) bond motifs is 2. The lowest BCUT2D eigenvalue weighted by atomic mass is 10.0. The van der Waals surface area contributed by atoms with Crippen LogP contribution < -0.4 is 5.32 Å². The second-order valence-corrected chi connectivity index (χ2v) is 12.2. The van der Waals surface area contributed by atoms with E-state index in [0.29, 0.717) is 45.1 Å². The summed E-state index contributed by atoms with van der Waals surface area (Å²) in [7, 11) is 0. The number of carbonyl (C=O) groups is 3. The number of carbonyl (C=O) groups excluding carboxylic acids is 3. The maximum Gasteiger partial charge on any atom is 0.248 e. The summed E-state index contributed by atoms with van der Waals surface area (Å²) in [6.07, 6.45) is 6.60. The molecule has 1 aliphatic heterocycles. The molecule has 2 aliphatic rings. The molecule has 0 spiro atoms. The summed E-state index contributed by atoms with van der Waals surface area (Å²) in [5.41, 5.74) is 4.06. The molecule has 6 rings (SSSR count). The van der Waals surface area contributed by atoms with Gasteiger partial charge in [-0.1, -0.05) is 13.0 Å². The lowest BCUT2D eigenvalue weighted by Crippen LogP contribution is -2.46. The summed E-state index contributed by atoms with van der Waals surface area (Å²) >= 11 is 3.36. The molecule has 1 saturated heterocycles. The number of amides is 2. The second kappa shape index (κ2) is 9.83. The lowest BCUT2D eigenvalue weighted by molar-refractivity contribution is -0.138. The van der Waals surface area contributed by atoms with E-state index in [9.17, 15) is 14.4 Å². The van der Waals surface area contributed by atoms with E-state index in [2.05, 4.69) is 43.1 Å². The van der Waals surface area contributed by atoms with E-state index in [0.717, 1.165) is 22.9 Å². The third kappa shape index (κ3) is 4.81. The first-order valence-corrected chi connectivity index (χ1v) is 14.3. The largest absolute Gasteiger partial charge is 0.336 e. The second-order valence-electron chi connectivity index (χ2n) is 11.4. The molecule has 10 nitrogen and oxygen atoms in total. The zero-order valence-electron chi connectivity index (χ0n) is 23.5. The number of hydrogen-bond donors (Lipinski definition) is 1. The Labute approximate surface area is 245 Å². The van der Waals surface area contributed by atoms with E-state index < -0.39 is 6.04 Å². The topological polar surface area (TPSA) is 123 Å². The summed E-state index contributed by atoms with van der Waals surface area (Å²) < 4.78 is 2.41. The lowest BCUT2D eigenvalue weighted by Gasteiger charge is -2.27. The molecule has 0 radical (unpaired) electrons. The van der Waals surface area contributed by atoms with Crippen LogP contribution in [-0.2, 0) is 16.1 Å². The molecular formula is C30H30BrN7O3. The van der Waals surface area contributed by atoms with Crippen molar-refractivity contribution in [3.63, 3.8) is 0 Å². The van der Waals surface area contributed by atoms with Crippen molar-refractivity contribution < 1.29 is 14.4 Å². The van der Waals surface area contributed by atoms with Gasteiger partial charge in [0, 0.05) is 41.1 Å². The molecule has 0 aromatic carbocycles. The number of piperidine rings is 1. The van der Waals surface area contributed by atoms with Crippen LogP contribution in [0, 0.1) is 26.2 Å². The molecule has 41 heavy (non-hydrogen) atoms. The SMILES string of the molecule is CC(=O)c1cn(CC(=O)N2[C@H](C(=O)Nc3nc(Br)ccc3C)C[C@@]3(C)C[C@@H]23)c2c(C)nc(-c3cnc(C)nc3)cc12. The predicted molar refractivity (Wildman–Crippen MR) is 157 cm³/mol. The van der Waals surface area contributed by atoms with Crippen LogP contribution in [-0.4, -0.2) is 59.1 Å². The Morgan fingerprint density at radius 2 is 1.83 bits per heavy atom. The fourth-order valence-electron chi connectivity index (χ4n) is 6.02. The van der Waals surface area contributed by atoms with Crippen molar-refractivity contribution in [1.82, 2.24) is 29.4 Å². The van der Waals surface area contributed by atoms with Gasteiger partial charge in [0.05, 0.1) is 16.9 Å². The number of Topliss-reactive ketones (excluding diaryl/α,β-unsaturated/α-hetero) is 1. The maximum absolute atomic E-state index is 13.9. The number of likely N-dealkylation sites (tertiary alicyclic amines) is 1. The van der Waals surface area contributed by atoms with Crippen LogP contribution >= 0.6 is 15.9 Å². The van der Waals surface area contributed by atoms with Gasteiger partial charge in [-0.15, -0.1) is 0 Å². The van der Waals surface area contributed by atoms with Crippen LogP contribution in [0.3, 0.4) is 0 Å². The van der Waals surface area contributed by atoms with Crippen LogP contribution in [0.15, 0.2) is 41.4 Å². The molecule has 4 aromatic heterocycles. The van der Waals surface area contributed by atoms with Crippen molar-refractivity contribution in [3.8, 4) is 11.3 Å². The molecule has 5 heterocycles. The Morgan fingerprint density at radius 3 is 2.54 bits per heavy atom. The van der Waals surface area contributed by atoms with Gasteiger partial charge in [-0.2, -0.15) is 0 Å². The van der Waals surface area contributed by atoms with Crippen LogP contribution in [0.1, 0.15) is 54.1 Å². The van der Waals surface area contributed by atoms with E-state index in [-0.39, 0.29) is 35.6 Å². The minimum Gasteiger partial charge on any atom is -0.336 e. The Morgan fingerprint density at radius 1 is 1.10 bits per heavy atom. The summed E-state index contributed by atoms with van der Waals surface area (Å²) in [6.45, 7) is 9.18. The van der Waals surface area contributed by atoms with Crippen molar-refractivity contribution in [2.45, 2.75) is 66.1 Å². The first-order valence-electron chi connectivity index (χ1n) is 13.5. The number of nitrogens with zero attached hydrogens (tertiary/aromatic N) is 6. The minimum absolute atomic E-state index is 0.00350. The van der Waals surface area contributed by atoms with Gasteiger partial charge in [0.15, 0.2) is 5.78 Å². The summed E-state index contributed by atoms with van der Waals surface area (Å²) in [4.78, 5) is 59.5. The summed E-state index contributed by atoms with van der Waals surface area (Å²) in [5, 5.41) is 3.66. The highest BCUT2D eigenvalue weighted by atomic mass is 79.9. The standard InChI is InChI=1S/C30H30BrN7O3/c1-15-6-7-25(31)35-28(15)36-29(41)23-9-30(5)10-24(30)38(23)26(40)14-37-13-21(17(3)39)20-8-22(34-16(2)27(20)37)19-11-32-18(4)33-12-19/h6-8,11-13,23-24H,9-10,14H2,1-5H3,(H,35,36,41)/t23-,24+,30-/m0/s1. The number of pyridine rings is 2. The number of ketones is 1. The zero-order chi connectivity index (χ0) is 29.2. The first-order chi connectivity index (χ1) is 19.4. The number of nitrogens with one attached hydrogen (secondary N) is 1. The van der Waals surface area contributed by atoms with Gasteiger partial charge in [-0.05, 0) is 79.6 Å². The van der Waals surface area contributed by atoms with E-state index >= 15 is 0 Å². The van der Waals surface area contributed by atoms with E-state index in [1.54, 1.807) is 28.1 Å². The van der Waals surface area contributed by atoms with Crippen molar-refractivity contribution in [1.29, 1.82) is 0 Å². The molecule has 1 aliphatic carbocycles.